The van der Waals surface area contributed by atoms with E-state index in [0.717, 1.165) is 56.7 Å². The summed E-state index contributed by atoms with van der Waals surface area (Å²) in [5.74, 6) is -0.774. The molecule has 2 heterocycles. The van der Waals surface area contributed by atoms with Crippen molar-refractivity contribution >= 4 is 17.7 Å². The Morgan fingerprint density at radius 1 is 1.24 bits per heavy atom. The molecule has 0 bridgehead atoms. The van der Waals surface area contributed by atoms with Crippen molar-refractivity contribution in [2.75, 3.05) is 33.2 Å². The summed E-state index contributed by atoms with van der Waals surface area (Å²) in [5, 5.41) is 5.78. The molecule has 1 saturated heterocycles. The molecule has 2 aliphatic rings. The largest absolute Gasteiger partial charge is 0.330 e. The zero-order valence-electron chi connectivity index (χ0n) is 17.1. The normalized spacial score (nSPS) is 19.1. The van der Waals surface area contributed by atoms with Crippen molar-refractivity contribution in [3.8, 4) is 0 Å². The molecule has 1 fully saturated rings. The maximum absolute atomic E-state index is 12.7. The van der Waals surface area contributed by atoms with Gasteiger partial charge in [-0.25, -0.2) is 0 Å². The molecule has 3 rings (SSSR count). The van der Waals surface area contributed by atoms with E-state index in [9.17, 15) is 14.4 Å². The van der Waals surface area contributed by atoms with E-state index in [-0.39, 0.29) is 24.1 Å². The van der Waals surface area contributed by atoms with Crippen LogP contribution in [0.15, 0.2) is 18.2 Å². The Balaban J connectivity index is 1.48. The second-order valence-corrected chi connectivity index (χ2v) is 7.87. The van der Waals surface area contributed by atoms with Crippen LogP contribution in [-0.2, 0) is 22.7 Å². The van der Waals surface area contributed by atoms with Gasteiger partial charge in [0, 0.05) is 25.1 Å². The van der Waals surface area contributed by atoms with Crippen LogP contribution in [0.3, 0.4) is 0 Å². The molecule has 0 saturated carbocycles. The first kappa shape index (κ1) is 21.4. The molecule has 1 aromatic carbocycles. The smallest absolute Gasteiger partial charge is 0.255 e. The lowest BCUT2D eigenvalue weighted by molar-refractivity contribution is -0.136. The zero-order chi connectivity index (χ0) is 20.8. The van der Waals surface area contributed by atoms with Gasteiger partial charge in [0.25, 0.3) is 5.91 Å². The van der Waals surface area contributed by atoms with Crippen molar-refractivity contribution < 1.29 is 14.4 Å². The molecule has 1 aromatic rings. The van der Waals surface area contributed by atoms with Gasteiger partial charge in [-0.3, -0.25) is 19.7 Å². The number of carbonyl (C=O) groups excluding carboxylic acids is 3. The summed E-state index contributed by atoms with van der Waals surface area (Å²) in [6, 6.07) is 5.29. The first-order chi connectivity index (χ1) is 14.0. The summed E-state index contributed by atoms with van der Waals surface area (Å²) in [6.45, 7) is 4.87. The first-order valence-corrected chi connectivity index (χ1v) is 10.4. The number of imide groups is 1. The highest BCUT2D eigenvalue weighted by molar-refractivity contribution is 6.05. The van der Waals surface area contributed by atoms with Crippen LogP contribution < -0.4 is 16.4 Å². The van der Waals surface area contributed by atoms with Crippen molar-refractivity contribution in [1.82, 2.24) is 20.4 Å². The van der Waals surface area contributed by atoms with Crippen molar-refractivity contribution in [3.05, 3.63) is 34.9 Å². The molecule has 29 heavy (non-hydrogen) atoms. The van der Waals surface area contributed by atoms with E-state index >= 15 is 0 Å². The molecular weight excluding hydrogens is 370 g/mol. The van der Waals surface area contributed by atoms with Gasteiger partial charge >= 0.3 is 0 Å². The minimum Gasteiger partial charge on any atom is -0.330 e. The number of nitrogens with one attached hydrogen (secondary N) is 2. The third-order valence-electron chi connectivity index (χ3n) is 5.55. The maximum Gasteiger partial charge on any atom is 0.255 e. The SMILES string of the molecule is CN(CCCN)CCCNCc1ccc2c(c1)CN(C1CCC(=O)NC1=O)C2=O. The van der Waals surface area contributed by atoms with Crippen molar-refractivity contribution in [1.29, 1.82) is 0 Å². The number of amides is 3. The highest BCUT2D eigenvalue weighted by atomic mass is 16.2. The number of carbonyl (C=O) groups is 3. The molecule has 1 atom stereocenters. The second kappa shape index (κ2) is 9.96. The lowest BCUT2D eigenvalue weighted by Gasteiger charge is -2.29. The van der Waals surface area contributed by atoms with Gasteiger partial charge < -0.3 is 20.9 Å². The maximum atomic E-state index is 12.7. The third-order valence-corrected chi connectivity index (χ3v) is 5.55. The summed E-state index contributed by atoms with van der Waals surface area (Å²) < 4.78 is 0. The predicted octanol–water partition coefficient (Wildman–Crippen LogP) is 0.208. The van der Waals surface area contributed by atoms with Crippen LogP contribution in [0.1, 0.15) is 47.2 Å². The minimum absolute atomic E-state index is 0.130. The molecule has 8 heteroatoms. The molecule has 0 spiro atoms. The number of hydrogen-bond donors (Lipinski definition) is 3. The lowest BCUT2D eigenvalue weighted by atomic mass is 10.0. The highest BCUT2D eigenvalue weighted by Gasteiger charge is 2.38. The molecule has 2 aliphatic heterocycles. The Hall–Kier alpha value is -2.29. The van der Waals surface area contributed by atoms with E-state index in [1.807, 2.05) is 18.2 Å². The molecule has 4 N–H and O–H groups in total. The molecule has 0 radical (unpaired) electrons. The van der Waals surface area contributed by atoms with Crippen LogP contribution >= 0.6 is 0 Å². The van der Waals surface area contributed by atoms with E-state index in [1.165, 1.54) is 0 Å². The van der Waals surface area contributed by atoms with Crippen LogP contribution in [0.25, 0.3) is 0 Å². The van der Waals surface area contributed by atoms with Crippen LogP contribution in [0.2, 0.25) is 0 Å². The van der Waals surface area contributed by atoms with Crippen molar-refractivity contribution in [3.63, 3.8) is 0 Å². The summed E-state index contributed by atoms with van der Waals surface area (Å²) in [4.78, 5) is 40.1. The Morgan fingerprint density at radius 2 is 2.03 bits per heavy atom. The highest BCUT2D eigenvalue weighted by Crippen LogP contribution is 2.28. The van der Waals surface area contributed by atoms with E-state index in [4.69, 9.17) is 5.73 Å². The van der Waals surface area contributed by atoms with Gasteiger partial charge in [0.05, 0.1) is 0 Å². The first-order valence-electron chi connectivity index (χ1n) is 10.4. The number of rotatable bonds is 10. The number of hydrogen-bond acceptors (Lipinski definition) is 6. The van der Waals surface area contributed by atoms with Gasteiger partial charge in [0.15, 0.2) is 0 Å². The standard InChI is InChI=1S/C21H31N5O3/c1-25(10-2-8-22)11-3-9-23-13-15-4-5-17-16(12-15)14-26(21(17)29)18-6-7-19(27)24-20(18)28/h4-5,12,18,23H,2-3,6-11,13-14,22H2,1H3,(H,24,27,28). The monoisotopic (exact) mass is 401 g/mol. The van der Waals surface area contributed by atoms with Gasteiger partial charge in [-0.05, 0) is 69.7 Å². The summed E-state index contributed by atoms with van der Waals surface area (Å²) in [7, 11) is 2.11. The number of nitrogens with two attached hydrogens (primary N) is 1. The Bertz CT molecular complexity index is 767. The van der Waals surface area contributed by atoms with Crippen LogP contribution in [0, 0.1) is 0 Å². The van der Waals surface area contributed by atoms with Gasteiger partial charge in [-0.1, -0.05) is 12.1 Å². The number of fused-ring (bicyclic) bond motifs is 1. The molecule has 3 amide bonds. The van der Waals surface area contributed by atoms with Crippen LogP contribution in [-0.4, -0.2) is 66.8 Å². The molecule has 0 aliphatic carbocycles. The van der Waals surface area contributed by atoms with E-state index < -0.39 is 6.04 Å². The van der Waals surface area contributed by atoms with Crippen LogP contribution in [0.4, 0.5) is 0 Å². The van der Waals surface area contributed by atoms with Gasteiger partial charge in [0.2, 0.25) is 11.8 Å². The van der Waals surface area contributed by atoms with Crippen molar-refractivity contribution in [2.24, 2.45) is 5.73 Å². The molecule has 158 valence electrons. The fraction of sp³-hybridized carbons (Fsp3) is 0.571. The second-order valence-electron chi connectivity index (χ2n) is 7.87. The topological polar surface area (TPSA) is 108 Å². The average molecular weight is 402 g/mol. The molecular formula is C21H31N5O3. The summed E-state index contributed by atoms with van der Waals surface area (Å²) in [5.41, 5.74) is 8.25. The van der Waals surface area contributed by atoms with Gasteiger partial charge in [0.1, 0.15) is 6.04 Å². The van der Waals surface area contributed by atoms with E-state index in [0.29, 0.717) is 18.5 Å². The fourth-order valence-electron chi connectivity index (χ4n) is 3.92. The summed E-state index contributed by atoms with van der Waals surface area (Å²) in [6.07, 6.45) is 2.74. The fourth-order valence-corrected chi connectivity index (χ4v) is 3.92. The predicted molar refractivity (Wildman–Crippen MR) is 110 cm³/mol. The van der Waals surface area contributed by atoms with Crippen molar-refractivity contribution in [2.45, 2.75) is 44.8 Å². The number of benzene rings is 1. The number of piperidine rings is 1. The molecule has 1 unspecified atom stereocenters. The lowest BCUT2D eigenvalue weighted by Crippen LogP contribution is -2.52. The average Bonchev–Trinajstić information content (AvgIpc) is 3.02. The Labute approximate surface area is 171 Å². The number of nitrogens with zero attached hydrogens (tertiary/aromatic N) is 2. The van der Waals surface area contributed by atoms with Gasteiger partial charge in [-0.15, -0.1) is 0 Å². The zero-order valence-corrected chi connectivity index (χ0v) is 17.1. The molecule has 8 nitrogen and oxygen atoms in total. The summed E-state index contributed by atoms with van der Waals surface area (Å²) >= 11 is 0. The Morgan fingerprint density at radius 3 is 2.79 bits per heavy atom. The van der Waals surface area contributed by atoms with Crippen LogP contribution in [0.5, 0.6) is 0 Å². The molecule has 0 aromatic heterocycles. The van der Waals surface area contributed by atoms with E-state index in [2.05, 4.69) is 22.6 Å². The van der Waals surface area contributed by atoms with Gasteiger partial charge in [-0.2, -0.15) is 0 Å². The third kappa shape index (κ3) is 5.41. The Kier molecular flexibility index (Phi) is 7.35. The minimum atomic E-state index is -0.564. The van der Waals surface area contributed by atoms with E-state index in [1.54, 1.807) is 4.90 Å². The quantitative estimate of drug-likeness (QED) is 0.382.